The molecule has 0 aliphatic rings. The first-order chi connectivity index (χ1) is 16.1. The van der Waals surface area contributed by atoms with E-state index >= 15 is 0 Å². The number of rotatable bonds is 11. The van der Waals surface area contributed by atoms with E-state index in [-0.39, 0.29) is 25.0 Å². The van der Waals surface area contributed by atoms with Gasteiger partial charge >= 0.3 is 13.5 Å². The Kier molecular flexibility index (Phi) is 8.68. The van der Waals surface area contributed by atoms with Gasteiger partial charge in [0.15, 0.2) is 11.5 Å². The first-order valence-corrected chi connectivity index (χ1v) is 12.7. The second kappa shape index (κ2) is 11.1. The fraction of sp³-hybridized carbons (Fsp3) is 0.458. The molecule has 1 heterocycles. The molecular formula is C24H32ClN3O5P+. The van der Waals surface area contributed by atoms with Crippen molar-refractivity contribution in [2.24, 2.45) is 0 Å². The smallest absolute Gasteiger partial charge is 0.493 e. The maximum absolute atomic E-state index is 13.2. The van der Waals surface area contributed by atoms with E-state index in [0.29, 0.717) is 22.0 Å². The second-order valence-electron chi connectivity index (χ2n) is 8.52. The number of hydrogen-bond donors (Lipinski definition) is 2. The highest BCUT2D eigenvalue weighted by molar-refractivity contribution is 7.43. The predicted octanol–water partition coefficient (Wildman–Crippen LogP) is 5.48. The van der Waals surface area contributed by atoms with Gasteiger partial charge in [-0.3, -0.25) is 0 Å². The minimum atomic E-state index is -2.22. The summed E-state index contributed by atoms with van der Waals surface area (Å²) >= 11 is 6.11. The Morgan fingerprint density at radius 1 is 1.12 bits per heavy atom. The van der Waals surface area contributed by atoms with Gasteiger partial charge in [-0.25, -0.2) is 4.98 Å². The number of hydroxylamine groups is 1. The quantitative estimate of drug-likeness (QED) is 0.116. The number of aromatic nitrogens is 1. The van der Waals surface area contributed by atoms with Gasteiger partial charge in [-0.15, -0.1) is 0 Å². The van der Waals surface area contributed by atoms with E-state index in [1.807, 2.05) is 52.0 Å². The van der Waals surface area contributed by atoms with Gasteiger partial charge in [-0.1, -0.05) is 22.3 Å². The summed E-state index contributed by atoms with van der Waals surface area (Å²) in [5.74, 6) is 0.981. The molecule has 0 aliphatic heterocycles. The molecule has 2 atom stereocenters. The summed E-state index contributed by atoms with van der Waals surface area (Å²) < 4.78 is 25.7. The molecule has 10 heteroatoms. The molecule has 34 heavy (non-hydrogen) atoms. The van der Waals surface area contributed by atoms with Crippen LogP contribution in [0.15, 0.2) is 36.4 Å². The molecule has 0 aliphatic carbocycles. The monoisotopic (exact) mass is 508 g/mol. The summed E-state index contributed by atoms with van der Waals surface area (Å²) in [6.45, 7) is 7.91. The van der Waals surface area contributed by atoms with E-state index in [2.05, 4.69) is 10.5 Å². The van der Waals surface area contributed by atoms with Crippen LogP contribution in [-0.2, 0) is 9.30 Å². The van der Waals surface area contributed by atoms with Gasteiger partial charge in [0.1, 0.15) is 0 Å². The Morgan fingerprint density at radius 3 is 2.44 bits per heavy atom. The number of fused-ring (bicyclic) bond motifs is 2. The van der Waals surface area contributed by atoms with Crippen molar-refractivity contribution in [2.75, 3.05) is 20.8 Å². The maximum Gasteiger partial charge on any atom is 0.502 e. The highest BCUT2D eigenvalue weighted by atomic mass is 35.5. The van der Waals surface area contributed by atoms with Gasteiger partial charge < -0.3 is 19.4 Å². The zero-order chi connectivity index (χ0) is 25.0. The molecule has 0 fully saturated rings. The van der Waals surface area contributed by atoms with Crippen LogP contribution in [0.4, 0.5) is 0 Å². The molecule has 0 saturated carbocycles. The van der Waals surface area contributed by atoms with Gasteiger partial charge in [-0.2, -0.15) is 5.48 Å². The summed E-state index contributed by atoms with van der Waals surface area (Å²) in [6.07, 6.45) is 0.0431. The number of halogens is 1. The minimum Gasteiger partial charge on any atom is -0.493 e. The number of aliphatic hydroxyl groups is 1. The predicted molar refractivity (Wildman–Crippen MR) is 136 cm³/mol. The minimum absolute atomic E-state index is 0.0216. The third-order valence-corrected chi connectivity index (χ3v) is 8.09. The van der Waals surface area contributed by atoms with Crippen LogP contribution in [0.5, 0.6) is 11.5 Å². The molecule has 0 spiro atoms. The number of ether oxygens (including phenoxy) is 2. The second-order valence-corrected chi connectivity index (χ2v) is 10.7. The van der Waals surface area contributed by atoms with Crippen LogP contribution in [-0.4, -0.2) is 53.1 Å². The maximum atomic E-state index is 13.2. The highest BCUT2D eigenvalue weighted by Crippen LogP contribution is 2.46. The molecule has 1 aromatic heterocycles. The van der Waals surface area contributed by atoms with Crippen LogP contribution in [0.2, 0.25) is 5.02 Å². The molecule has 2 aromatic carbocycles. The molecule has 2 unspecified atom stereocenters. The van der Waals surface area contributed by atoms with Crippen molar-refractivity contribution in [3.05, 3.63) is 41.4 Å². The van der Waals surface area contributed by atoms with Crippen molar-refractivity contribution in [1.82, 2.24) is 15.1 Å². The normalized spacial score (nSPS) is 14.3. The van der Waals surface area contributed by atoms with E-state index in [1.165, 1.54) is 7.11 Å². The van der Waals surface area contributed by atoms with Gasteiger partial charge in [0.25, 0.3) is 0 Å². The molecule has 3 aromatic rings. The topological polar surface area (TPSA) is 93.1 Å². The molecule has 0 radical (unpaired) electrons. The Labute approximate surface area is 205 Å². The molecule has 184 valence electrons. The van der Waals surface area contributed by atoms with Crippen molar-refractivity contribution >= 4 is 41.4 Å². The summed E-state index contributed by atoms with van der Waals surface area (Å²) in [5.41, 5.74) is 2.51. The van der Waals surface area contributed by atoms with Crippen LogP contribution in [0.1, 0.15) is 34.1 Å². The van der Waals surface area contributed by atoms with Crippen LogP contribution in [0.25, 0.3) is 21.8 Å². The SMILES string of the molecule is COc1ccc2nc3cc(Cl)ccc3cc2c1ONCCC(O)(OC)[P+](=O)N(C(C)C)C(C)C. The van der Waals surface area contributed by atoms with Crippen molar-refractivity contribution in [3.8, 4) is 11.5 Å². The number of benzene rings is 2. The third-order valence-electron chi connectivity index (χ3n) is 5.51. The van der Waals surface area contributed by atoms with Gasteiger partial charge in [0.2, 0.25) is 0 Å². The lowest BCUT2D eigenvalue weighted by molar-refractivity contribution is -0.125. The van der Waals surface area contributed by atoms with E-state index < -0.39 is 13.5 Å². The average molecular weight is 509 g/mol. The Morgan fingerprint density at radius 2 is 1.82 bits per heavy atom. The summed E-state index contributed by atoms with van der Waals surface area (Å²) in [4.78, 5) is 10.6. The van der Waals surface area contributed by atoms with Crippen LogP contribution in [0.3, 0.4) is 0 Å². The highest BCUT2D eigenvalue weighted by Gasteiger charge is 2.54. The molecule has 3 rings (SSSR count). The lowest BCUT2D eigenvalue weighted by Gasteiger charge is -2.25. The average Bonchev–Trinajstić information content (AvgIpc) is 2.79. The zero-order valence-electron chi connectivity index (χ0n) is 20.3. The summed E-state index contributed by atoms with van der Waals surface area (Å²) in [6, 6.07) is 11.0. The Hall–Kier alpha value is -2.06. The molecule has 2 N–H and O–H groups in total. The van der Waals surface area contributed by atoms with Gasteiger partial charge in [0, 0.05) is 41.5 Å². The van der Waals surface area contributed by atoms with Gasteiger partial charge in [-0.05, 0) is 62.6 Å². The summed E-state index contributed by atoms with van der Waals surface area (Å²) in [7, 11) is 0.685. The first-order valence-electron chi connectivity index (χ1n) is 11.1. The molecule has 8 nitrogen and oxygen atoms in total. The van der Waals surface area contributed by atoms with E-state index in [9.17, 15) is 9.67 Å². The lowest BCUT2D eigenvalue weighted by atomic mass is 10.1. The van der Waals surface area contributed by atoms with Crippen molar-refractivity contribution in [3.63, 3.8) is 0 Å². The Balaban J connectivity index is 1.80. The number of hydrogen-bond acceptors (Lipinski definition) is 7. The van der Waals surface area contributed by atoms with Gasteiger partial charge in [0.05, 0.1) is 24.6 Å². The number of nitrogens with one attached hydrogen (secondary N) is 1. The summed E-state index contributed by atoms with van der Waals surface area (Å²) in [5, 5.41) is 13.2. The van der Waals surface area contributed by atoms with Crippen LogP contribution in [0, 0.1) is 0 Å². The zero-order valence-corrected chi connectivity index (χ0v) is 22.0. The fourth-order valence-corrected chi connectivity index (χ4v) is 5.73. The van der Waals surface area contributed by atoms with E-state index in [4.69, 9.17) is 25.9 Å². The lowest BCUT2D eigenvalue weighted by Crippen LogP contribution is -2.41. The number of methoxy groups -OCH3 is 2. The third kappa shape index (κ3) is 5.60. The number of pyridine rings is 1. The van der Waals surface area contributed by atoms with Crippen LogP contribution < -0.4 is 15.1 Å². The number of nitrogens with zero attached hydrogens (tertiary/aromatic N) is 2. The van der Waals surface area contributed by atoms with Crippen molar-refractivity contribution < 1.29 is 24.0 Å². The van der Waals surface area contributed by atoms with E-state index in [1.54, 1.807) is 23.9 Å². The molecular weight excluding hydrogens is 477 g/mol. The fourth-order valence-electron chi connectivity index (χ4n) is 3.90. The molecule has 0 bridgehead atoms. The molecule has 0 amide bonds. The van der Waals surface area contributed by atoms with Crippen molar-refractivity contribution in [1.29, 1.82) is 0 Å². The standard InChI is InChI=1S/C24H32ClN3O5P/c1-15(2)28(16(3)4)34(30)24(29,32-6)11-12-26-33-23-19-13-17-7-8-18(25)14-21(17)27-20(19)9-10-22(23)31-5/h7-10,13-16,26,29H,11-12H2,1-6H3/q+1. The largest absolute Gasteiger partial charge is 0.502 e. The van der Waals surface area contributed by atoms with Crippen molar-refractivity contribution in [2.45, 2.75) is 51.7 Å². The van der Waals surface area contributed by atoms with E-state index in [0.717, 1.165) is 16.3 Å². The Bertz CT molecular complexity index is 1170. The first kappa shape index (κ1) is 26.5. The van der Waals surface area contributed by atoms with Crippen LogP contribution >= 0.6 is 19.6 Å². The molecule has 0 saturated heterocycles.